The van der Waals surface area contributed by atoms with E-state index in [1.165, 1.54) is 70.6 Å². The lowest BCUT2D eigenvalue weighted by molar-refractivity contribution is 0.0613. The van der Waals surface area contributed by atoms with Gasteiger partial charge in [0.15, 0.2) is 11.6 Å². The first-order valence-corrected chi connectivity index (χ1v) is 13.8. The summed E-state index contributed by atoms with van der Waals surface area (Å²) < 4.78 is 34.7. The van der Waals surface area contributed by atoms with Crippen LogP contribution in [0.3, 0.4) is 0 Å². The maximum absolute atomic E-state index is 14.8. The number of hydrogen-bond donors (Lipinski definition) is 0. The molecule has 0 bridgehead atoms. The van der Waals surface area contributed by atoms with E-state index in [0.29, 0.717) is 5.56 Å². The lowest BCUT2D eigenvalue weighted by atomic mass is 9.60. The minimum atomic E-state index is -0.827. The van der Waals surface area contributed by atoms with Crippen LogP contribution in [0.2, 0.25) is 0 Å². The van der Waals surface area contributed by atoms with Crippen LogP contribution in [-0.4, -0.2) is 6.61 Å². The minimum Gasteiger partial charge on any atom is -0.486 e. The SMILES string of the molecule is C/C=C/COc1ccc(C2CCC(C3CCC4CC(CCCC)CCC4C3)CC2)c(F)c1F. The molecule has 4 unspecified atom stereocenters. The zero-order chi connectivity index (χ0) is 23.2. The maximum atomic E-state index is 14.8. The molecule has 1 nitrogen and oxygen atoms in total. The molecular weight excluding hydrogens is 414 g/mol. The van der Waals surface area contributed by atoms with Crippen LogP contribution in [0.15, 0.2) is 24.3 Å². The second kappa shape index (κ2) is 11.8. The van der Waals surface area contributed by atoms with E-state index in [1.807, 2.05) is 13.0 Å². The van der Waals surface area contributed by atoms with E-state index < -0.39 is 11.6 Å². The van der Waals surface area contributed by atoms with E-state index in [-0.39, 0.29) is 18.3 Å². The number of hydrogen-bond acceptors (Lipinski definition) is 1. The van der Waals surface area contributed by atoms with Gasteiger partial charge in [-0.2, -0.15) is 4.39 Å². The van der Waals surface area contributed by atoms with Crippen LogP contribution in [0, 0.1) is 41.2 Å². The first kappa shape index (κ1) is 24.7. The van der Waals surface area contributed by atoms with Crippen molar-refractivity contribution >= 4 is 0 Å². The summed E-state index contributed by atoms with van der Waals surface area (Å²) in [6.07, 6.45) is 20.8. The molecule has 1 aromatic rings. The van der Waals surface area contributed by atoms with E-state index in [9.17, 15) is 8.78 Å². The van der Waals surface area contributed by atoms with Crippen LogP contribution in [0.1, 0.15) is 109 Å². The minimum absolute atomic E-state index is 0.0178. The number of halogens is 2. The van der Waals surface area contributed by atoms with E-state index in [0.717, 1.165) is 42.4 Å². The Labute approximate surface area is 200 Å². The summed E-state index contributed by atoms with van der Waals surface area (Å²) >= 11 is 0. The molecule has 0 aromatic heterocycles. The molecule has 0 heterocycles. The van der Waals surface area contributed by atoms with Crippen LogP contribution in [0.4, 0.5) is 8.78 Å². The smallest absolute Gasteiger partial charge is 0.200 e. The highest BCUT2D eigenvalue weighted by atomic mass is 19.2. The molecule has 184 valence electrons. The molecule has 3 saturated carbocycles. The number of fused-ring (bicyclic) bond motifs is 1. The number of ether oxygens (including phenoxy) is 1. The summed E-state index contributed by atoms with van der Waals surface area (Å²) in [5.74, 6) is 3.23. The van der Waals surface area contributed by atoms with Gasteiger partial charge in [-0.1, -0.05) is 50.8 Å². The maximum Gasteiger partial charge on any atom is 0.200 e. The zero-order valence-corrected chi connectivity index (χ0v) is 20.8. The van der Waals surface area contributed by atoms with Crippen molar-refractivity contribution in [1.29, 1.82) is 0 Å². The summed E-state index contributed by atoms with van der Waals surface area (Å²) in [6, 6.07) is 3.37. The fourth-order valence-electron chi connectivity index (χ4n) is 7.31. The molecule has 0 N–H and O–H groups in total. The van der Waals surface area contributed by atoms with Crippen LogP contribution in [-0.2, 0) is 0 Å². The quantitative estimate of drug-likeness (QED) is 0.353. The molecule has 3 fully saturated rings. The highest BCUT2D eigenvalue weighted by molar-refractivity contribution is 5.33. The van der Waals surface area contributed by atoms with Crippen LogP contribution in [0.25, 0.3) is 0 Å². The van der Waals surface area contributed by atoms with Crippen molar-refractivity contribution in [3.05, 3.63) is 41.5 Å². The fraction of sp³-hybridized carbons (Fsp3) is 0.733. The van der Waals surface area contributed by atoms with Crippen LogP contribution in [0.5, 0.6) is 5.75 Å². The average molecular weight is 459 g/mol. The van der Waals surface area contributed by atoms with Crippen molar-refractivity contribution in [2.75, 3.05) is 6.61 Å². The Morgan fingerprint density at radius 2 is 1.52 bits per heavy atom. The zero-order valence-electron chi connectivity index (χ0n) is 20.8. The van der Waals surface area contributed by atoms with Gasteiger partial charge in [-0.3, -0.25) is 0 Å². The molecule has 4 atom stereocenters. The second-order valence-corrected chi connectivity index (χ2v) is 11.2. The van der Waals surface area contributed by atoms with Crippen molar-refractivity contribution in [3.63, 3.8) is 0 Å². The Bertz CT molecular complexity index is 780. The summed E-state index contributed by atoms with van der Waals surface area (Å²) in [7, 11) is 0. The largest absolute Gasteiger partial charge is 0.486 e. The monoisotopic (exact) mass is 458 g/mol. The molecule has 3 aliphatic carbocycles. The van der Waals surface area contributed by atoms with Crippen LogP contribution < -0.4 is 4.74 Å². The van der Waals surface area contributed by atoms with Gasteiger partial charge in [0.1, 0.15) is 6.61 Å². The van der Waals surface area contributed by atoms with E-state index in [1.54, 1.807) is 18.2 Å². The third-order valence-electron chi connectivity index (χ3n) is 9.25. The van der Waals surface area contributed by atoms with E-state index >= 15 is 0 Å². The Kier molecular flexibility index (Phi) is 8.88. The molecule has 33 heavy (non-hydrogen) atoms. The molecule has 1 aromatic carbocycles. The molecule has 0 spiro atoms. The summed E-state index contributed by atoms with van der Waals surface area (Å²) in [5.41, 5.74) is 0.554. The summed E-state index contributed by atoms with van der Waals surface area (Å²) in [5, 5.41) is 0. The normalized spacial score (nSPS) is 32.6. The second-order valence-electron chi connectivity index (χ2n) is 11.2. The van der Waals surface area contributed by atoms with Crippen molar-refractivity contribution in [1.82, 2.24) is 0 Å². The molecule has 3 aliphatic rings. The fourth-order valence-corrected chi connectivity index (χ4v) is 7.31. The van der Waals surface area contributed by atoms with Crippen molar-refractivity contribution in [2.45, 2.75) is 103 Å². The van der Waals surface area contributed by atoms with Gasteiger partial charge in [-0.15, -0.1) is 0 Å². The predicted molar refractivity (Wildman–Crippen MR) is 133 cm³/mol. The number of benzene rings is 1. The van der Waals surface area contributed by atoms with Crippen molar-refractivity contribution in [3.8, 4) is 5.75 Å². The topological polar surface area (TPSA) is 9.23 Å². The van der Waals surface area contributed by atoms with Gasteiger partial charge in [0.05, 0.1) is 0 Å². The number of allylic oxidation sites excluding steroid dienone is 1. The first-order chi connectivity index (χ1) is 16.1. The van der Waals surface area contributed by atoms with Gasteiger partial charge in [-0.05, 0) is 112 Å². The van der Waals surface area contributed by atoms with Gasteiger partial charge in [0.2, 0.25) is 5.82 Å². The highest BCUT2D eigenvalue weighted by Gasteiger charge is 2.39. The van der Waals surface area contributed by atoms with Crippen LogP contribution >= 0.6 is 0 Å². The van der Waals surface area contributed by atoms with E-state index in [2.05, 4.69) is 6.92 Å². The summed E-state index contributed by atoms with van der Waals surface area (Å²) in [4.78, 5) is 0. The molecule has 0 saturated heterocycles. The molecule has 0 radical (unpaired) electrons. The third kappa shape index (κ3) is 6.01. The molecular formula is C30H44F2O. The Hall–Kier alpha value is -1.38. The standard InChI is InChI=1S/C30H44F2O/c1-3-5-7-21-8-9-26-20-25(15-14-24(26)19-21)22-10-12-23(13-11-22)27-16-17-28(30(32)29(27)31)33-18-6-4-2/h4,6,16-17,21-26H,3,5,7-15,18-20H2,1-2H3/b6-4+. The predicted octanol–water partition coefficient (Wildman–Crippen LogP) is 9.22. The average Bonchev–Trinajstić information content (AvgIpc) is 2.85. The number of unbranched alkanes of at least 4 members (excludes halogenated alkanes) is 1. The van der Waals surface area contributed by atoms with Crippen molar-refractivity contribution < 1.29 is 13.5 Å². The van der Waals surface area contributed by atoms with Gasteiger partial charge in [0.25, 0.3) is 0 Å². The van der Waals surface area contributed by atoms with Gasteiger partial charge in [-0.25, -0.2) is 4.39 Å². The Morgan fingerprint density at radius 1 is 0.848 bits per heavy atom. The lowest BCUT2D eigenvalue weighted by Gasteiger charge is -2.45. The number of rotatable bonds is 8. The third-order valence-corrected chi connectivity index (χ3v) is 9.25. The molecule has 4 rings (SSSR count). The molecule has 0 aliphatic heterocycles. The molecule has 0 amide bonds. The van der Waals surface area contributed by atoms with Gasteiger partial charge < -0.3 is 4.74 Å². The Balaban J connectivity index is 1.28. The summed E-state index contributed by atoms with van der Waals surface area (Å²) in [6.45, 7) is 4.46. The van der Waals surface area contributed by atoms with E-state index in [4.69, 9.17) is 4.74 Å². The molecule has 3 heteroatoms. The van der Waals surface area contributed by atoms with Crippen molar-refractivity contribution in [2.24, 2.45) is 29.6 Å². The lowest BCUT2D eigenvalue weighted by Crippen LogP contribution is -2.34. The van der Waals surface area contributed by atoms with Gasteiger partial charge >= 0.3 is 0 Å². The Morgan fingerprint density at radius 3 is 2.24 bits per heavy atom. The first-order valence-electron chi connectivity index (χ1n) is 13.8. The highest BCUT2D eigenvalue weighted by Crippen LogP contribution is 2.50. The van der Waals surface area contributed by atoms with Gasteiger partial charge in [0, 0.05) is 0 Å².